The molecule has 9 heteroatoms. The fourth-order valence-electron chi connectivity index (χ4n) is 2.61. The topological polar surface area (TPSA) is 76.8 Å². The van der Waals surface area contributed by atoms with Crippen molar-refractivity contribution in [2.45, 2.75) is 20.0 Å². The Hall–Kier alpha value is -2.04. The number of rotatable bonds is 5. The minimum atomic E-state index is 0. The van der Waals surface area contributed by atoms with Crippen LogP contribution in [0.2, 0.25) is 0 Å². The molecular formula is C17H25IN6O2. The lowest BCUT2D eigenvalue weighted by atomic mass is 10.2. The Balaban J connectivity index is 0.00000243. The Bertz CT molecular complexity index is 749. The van der Waals surface area contributed by atoms with Gasteiger partial charge in [-0.05, 0) is 24.6 Å². The van der Waals surface area contributed by atoms with E-state index in [2.05, 4.69) is 38.3 Å². The number of nitrogens with one attached hydrogen (secondary N) is 1. The number of aromatic nitrogens is 3. The van der Waals surface area contributed by atoms with Gasteiger partial charge in [-0.15, -0.1) is 24.0 Å². The molecule has 0 saturated heterocycles. The molecule has 3 rings (SSSR count). The van der Waals surface area contributed by atoms with Gasteiger partial charge in [0.15, 0.2) is 17.5 Å². The molecule has 0 spiro atoms. The van der Waals surface area contributed by atoms with Gasteiger partial charge < -0.3 is 19.7 Å². The molecule has 0 radical (unpaired) electrons. The molecule has 1 aliphatic heterocycles. The molecule has 1 aliphatic rings. The second-order valence-corrected chi connectivity index (χ2v) is 5.80. The summed E-state index contributed by atoms with van der Waals surface area (Å²) in [5.74, 6) is 3.25. The van der Waals surface area contributed by atoms with Crippen LogP contribution in [-0.4, -0.2) is 52.4 Å². The Morgan fingerprint density at radius 2 is 2.08 bits per heavy atom. The first-order valence-electron chi connectivity index (χ1n) is 8.38. The number of aryl methyl sites for hydroxylation is 1. The number of nitrogens with zero attached hydrogens (tertiary/aromatic N) is 5. The van der Waals surface area contributed by atoms with Gasteiger partial charge in [0, 0.05) is 27.2 Å². The molecule has 0 bridgehead atoms. The maximum atomic E-state index is 5.66. The fraction of sp³-hybridized carbons (Fsp3) is 0.471. The predicted octanol–water partition coefficient (Wildman–Crippen LogP) is 1.80. The maximum absolute atomic E-state index is 5.66. The Morgan fingerprint density at radius 1 is 1.31 bits per heavy atom. The van der Waals surface area contributed by atoms with E-state index in [1.165, 1.54) is 6.33 Å². The number of hydrogen-bond acceptors (Lipinski definition) is 5. The van der Waals surface area contributed by atoms with Crippen molar-refractivity contribution < 1.29 is 9.47 Å². The van der Waals surface area contributed by atoms with Crippen molar-refractivity contribution in [2.24, 2.45) is 12.0 Å². The zero-order valence-corrected chi connectivity index (χ0v) is 17.6. The van der Waals surface area contributed by atoms with Crippen LogP contribution in [0.1, 0.15) is 18.3 Å². The first-order valence-corrected chi connectivity index (χ1v) is 8.38. The van der Waals surface area contributed by atoms with Crippen molar-refractivity contribution >= 4 is 29.9 Å². The van der Waals surface area contributed by atoms with Crippen LogP contribution in [0.15, 0.2) is 29.5 Å². The van der Waals surface area contributed by atoms with Crippen LogP contribution in [0.5, 0.6) is 11.5 Å². The van der Waals surface area contributed by atoms with Gasteiger partial charge in [0.1, 0.15) is 31.9 Å². The summed E-state index contributed by atoms with van der Waals surface area (Å²) in [5, 5.41) is 7.38. The van der Waals surface area contributed by atoms with Crippen LogP contribution in [0.25, 0.3) is 0 Å². The van der Waals surface area contributed by atoms with E-state index < -0.39 is 0 Å². The molecule has 1 aromatic heterocycles. The summed E-state index contributed by atoms with van der Waals surface area (Å²) >= 11 is 0. The molecule has 0 aliphatic carbocycles. The minimum Gasteiger partial charge on any atom is -0.486 e. The van der Waals surface area contributed by atoms with E-state index >= 15 is 0 Å². The molecule has 0 amide bonds. The van der Waals surface area contributed by atoms with Crippen LogP contribution in [-0.2, 0) is 20.1 Å². The molecule has 26 heavy (non-hydrogen) atoms. The highest BCUT2D eigenvalue weighted by Crippen LogP contribution is 2.31. The summed E-state index contributed by atoms with van der Waals surface area (Å²) in [5.41, 5.74) is 1.14. The summed E-state index contributed by atoms with van der Waals surface area (Å²) in [4.78, 5) is 10.9. The van der Waals surface area contributed by atoms with E-state index in [0.717, 1.165) is 35.4 Å². The van der Waals surface area contributed by atoms with E-state index in [9.17, 15) is 0 Å². The van der Waals surface area contributed by atoms with Crippen LogP contribution in [0, 0.1) is 0 Å². The van der Waals surface area contributed by atoms with Crippen molar-refractivity contribution in [3.63, 3.8) is 0 Å². The number of aliphatic imine (C=N–C) groups is 1. The van der Waals surface area contributed by atoms with Crippen molar-refractivity contribution in [1.82, 2.24) is 25.0 Å². The van der Waals surface area contributed by atoms with Gasteiger partial charge in [-0.25, -0.2) is 9.98 Å². The van der Waals surface area contributed by atoms with Crippen LogP contribution in [0.3, 0.4) is 0 Å². The third kappa shape index (κ3) is 4.99. The molecule has 0 unspecified atom stereocenters. The normalized spacial score (nSPS) is 13.1. The van der Waals surface area contributed by atoms with Crippen molar-refractivity contribution in [3.8, 4) is 11.5 Å². The molecular weight excluding hydrogens is 447 g/mol. The smallest absolute Gasteiger partial charge is 0.194 e. The number of fused-ring (bicyclic) bond motifs is 1. The van der Waals surface area contributed by atoms with Gasteiger partial charge in [0.2, 0.25) is 0 Å². The molecule has 1 aromatic carbocycles. The molecule has 2 heterocycles. The van der Waals surface area contributed by atoms with Gasteiger partial charge in [0.05, 0.1) is 0 Å². The van der Waals surface area contributed by atoms with Gasteiger partial charge in [-0.3, -0.25) is 4.68 Å². The zero-order chi connectivity index (χ0) is 17.6. The molecule has 0 atom stereocenters. The lowest BCUT2D eigenvalue weighted by Gasteiger charge is -2.23. The molecule has 0 saturated carbocycles. The van der Waals surface area contributed by atoms with Gasteiger partial charge in [-0.2, -0.15) is 5.10 Å². The number of benzene rings is 1. The maximum Gasteiger partial charge on any atom is 0.194 e. The number of hydrogen-bond donors (Lipinski definition) is 1. The quantitative estimate of drug-likeness (QED) is 0.407. The monoisotopic (exact) mass is 472 g/mol. The Morgan fingerprint density at radius 3 is 2.77 bits per heavy atom. The largest absolute Gasteiger partial charge is 0.486 e. The third-order valence-corrected chi connectivity index (χ3v) is 3.90. The second kappa shape index (κ2) is 9.60. The fourth-order valence-corrected chi connectivity index (χ4v) is 2.61. The standard InChI is InChI=1S/C17H24N6O2.HI/c1-4-18-17(19-10-16-20-12-21-23(16)3)22(2)11-13-5-6-14-15(9-13)25-8-7-24-14;/h5-6,9,12H,4,7-8,10-11H2,1-3H3,(H,18,19);1H. The highest BCUT2D eigenvalue weighted by molar-refractivity contribution is 14.0. The van der Waals surface area contributed by atoms with Crippen molar-refractivity contribution in [2.75, 3.05) is 26.8 Å². The van der Waals surface area contributed by atoms with Crippen LogP contribution >= 0.6 is 24.0 Å². The van der Waals surface area contributed by atoms with Crippen LogP contribution in [0.4, 0.5) is 0 Å². The SMILES string of the molecule is CCNC(=NCc1ncnn1C)N(C)Cc1ccc2c(c1)OCCO2.I. The number of guanidine groups is 1. The van der Waals surface area contributed by atoms with E-state index in [1.54, 1.807) is 4.68 Å². The van der Waals surface area contributed by atoms with Gasteiger partial charge >= 0.3 is 0 Å². The summed E-state index contributed by atoms with van der Waals surface area (Å²) in [6.45, 7) is 5.23. The summed E-state index contributed by atoms with van der Waals surface area (Å²) < 4.78 is 13.0. The molecule has 1 N–H and O–H groups in total. The lowest BCUT2D eigenvalue weighted by Crippen LogP contribution is -2.38. The Kier molecular flexibility index (Phi) is 7.49. The van der Waals surface area contributed by atoms with E-state index in [1.807, 2.05) is 26.2 Å². The van der Waals surface area contributed by atoms with E-state index in [0.29, 0.717) is 26.3 Å². The summed E-state index contributed by atoms with van der Waals surface area (Å²) in [7, 11) is 3.87. The first-order chi connectivity index (χ1) is 12.2. The number of halogens is 1. The summed E-state index contributed by atoms with van der Waals surface area (Å²) in [6.07, 6.45) is 1.54. The Labute approximate surface area is 170 Å². The number of ether oxygens (including phenoxy) is 2. The van der Waals surface area contributed by atoms with Crippen LogP contribution < -0.4 is 14.8 Å². The van der Waals surface area contributed by atoms with Gasteiger partial charge in [-0.1, -0.05) is 6.07 Å². The summed E-state index contributed by atoms with van der Waals surface area (Å²) in [6, 6.07) is 6.04. The van der Waals surface area contributed by atoms with Crippen molar-refractivity contribution in [1.29, 1.82) is 0 Å². The molecule has 142 valence electrons. The third-order valence-electron chi connectivity index (χ3n) is 3.90. The van der Waals surface area contributed by atoms with Crippen molar-refractivity contribution in [3.05, 3.63) is 35.9 Å². The average molecular weight is 472 g/mol. The highest BCUT2D eigenvalue weighted by Gasteiger charge is 2.13. The van der Waals surface area contributed by atoms with E-state index in [-0.39, 0.29) is 24.0 Å². The highest BCUT2D eigenvalue weighted by atomic mass is 127. The minimum absolute atomic E-state index is 0. The predicted molar refractivity (Wildman–Crippen MR) is 110 cm³/mol. The first kappa shape index (κ1) is 20.3. The molecule has 0 fully saturated rings. The van der Waals surface area contributed by atoms with E-state index in [4.69, 9.17) is 9.47 Å². The lowest BCUT2D eigenvalue weighted by molar-refractivity contribution is 0.171. The second-order valence-electron chi connectivity index (χ2n) is 5.80. The average Bonchev–Trinajstić information content (AvgIpc) is 3.03. The zero-order valence-electron chi connectivity index (χ0n) is 15.3. The van der Waals surface area contributed by atoms with Gasteiger partial charge in [0.25, 0.3) is 0 Å². The molecule has 2 aromatic rings. The molecule has 8 nitrogen and oxygen atoms in total.